The summed E-state index contributed by atoms with van der Waals surface area (Å²) in [5.74, 6) is 0.0983. The largest absolute Gasteiger partial charge is 0.395 e. The minimum Gasteiger partial charge on any atom is -0.395 e. The fraction of sp³-hybridized carbons (Fsp3) is 0.583. The summed E-state index contributed by atoms with van der Waals surface area (Å²) < 4.78 is 1.85. The van der Waals surface area contributed by atoms with Crippen LogP contribution in [0.4, 0.5) is 0 Å². The maximum atomic E-state index is 12.2. The highest BCUT2D eigenvalue weighted by Crippen LogP contribution is 2.08. The van der Waals surface area contributed by atoms with Gasteiger partial charge in [0.15, 0.2) is 0 Å². The monoisotopic (exact) mass is 237 g/mol. The zero-order chi connectivity index (χ0) is 12.3. The number of rotatable bonds is 3. The molecule has 1 fully saturated rings. The van der Waals surface area contributed by atoms with Crippen molar-refractivity contribution in [3.8, 4) is 0 Å². The molecule has 1 aromatic rings. The lowest BCUT2D eigenvalue weighted by Gasteiger charge is -2.34. The van der Waals surface area contributed by atoms with Gasteiger partial charge in [-0.15, -0.1) is 0 Å². The number of aliphatic hydroxyl groups excluding tert-OH is 1. The van der Waals surface area contributed by atoms with Gasteiger partial charge >= 0.3 is 0 Å². The molecule has 94 valence electrons. The second kappa shape index (κ2) is 5.33. The molecule has 0 aliphatic carbocycles. The van der Waals surface area contributed by atoms with E-state index in [0.717, 1.165) is 31.9 Å². The normalized spacial score (nSPS) is 17.4. The molecule has 1 amide bonds. The van der Waals surface area contributed by atoms with Gasteiger partial charge in [-0.05, 0) is 12.1 Å². The van der Waals surface area contributed by atoms with Gasteiger partial charge in [0.1, 0.15) is 5.69 Å². The SMILES string of the molecule is Cn1cccc1C(=O)N1CCN(CCO)CC1. The van der Waals surface area contributed by atoms with Gasteiger partial charge in [0.25, 0.3) is 5.91 Å². The van der Waals surface area contributed by atoms with Gasteiger partial charge in [0.05, 0.1) is 6.61 Å². The summed E-state index contributed by atoms with van der Waals surface area (Å²) in [4.78, 5) is 16.2. The Hall–Kier alpha value is -1.33. The third-order valence-corrected chi connectivity index (χ3v) is 3.24. The molecule has 1 aliphatic heterocycles. The molecule has 2 rings (SSSR count). The average molecular weight is 237 g/mol. The Morgan fingerprint density at radius 2 is 2.06 bits per heavy atom. The van der Waals surface area contributed by atoms with E-state index in [0.29, 0.717) is 6.54 Å². The minimum absolute atomic E-state index is 0.0983. The highest BCUT2D eigenvalue weighted by Gasteiger charge is 2.22. The zero-order valence-electron chi connectivity index (χ0n) is 10.2. The van der Waals surface area contributed by atoms with E-state index in [4.69, 9.17) is 5.11 Å². The van der Waals surface area contributed by atoms with E-state index in [2.05, 4.69) is 4.90 Å². The maximum absolute atomic E-state index is 12.2. The van der Waals surface area contributed by atoms with Crippen LogP contribution in [0.3, 0.4) is 0 Å². The number of nitrogens with zero attached hydrogens (tertiary/aromatic N) is 3. The number of piperazine rings is 1. The molecule has 5 nitrogen and oxygen atoms in total. The Morgan fingerprint density at radius 1 is 1.35 bits per heavy atom. The number of carbonyl (C=O) groups is 1. The number of amides is 1. The van der Waals surface area contributed by atoms with Crippen LogP contribution < -0.4 is 0 Å². The molecule has 17 heavy (non-hydrogen) atoms. The number of aromatic nitrogens is 1. The molecule has 0 saturated carbocycles. The van der Waals surface area contributed by atoms with E-state index in [-0.39, 0.29) is 12.5 Å². The van der Waals surface area contributed by atoms with Crippen LogP contribution in [0, 0.1) is 0 Å². The van der Waals surface area contributed by atoms with Crippen molar-refractivity contribution in [2.45, 2.75) is 0 Å². The molecule has 1 aliphatic rings. The number of aryl methyl sites for hydroxylation is 1. The lowest BCUT2D eigenvalue weighted by atomic mass is 10.2. The summed E-state index contributed by atoms with van der Waals surface area (Å²) in [7, 11) is 1.88. The molecule has 0 aromatic carbocycles. The molecule has 0 unspecified atom stereocenters. The third kappa shape index (κ3) is 2.68. The summed E-state index contributed by atoms with van der Waals surface area (Å²) in [6.45, 7) is 4.05. The third-order valence-electron chi connectivity index (χ3n) is 3.24. The molecule has 1 saturated heterocycles. The van der Waals surface area contributed by atoms with Gasteiger partial charge in [0.2, 0.25) is 0 Å². The van der Waals surface area contributed by atoms with E-state index < -0.39 is 0 Å². The first-order valence-corrected chi connectivity index (χ1v) is 5.96. The smallest absolute Gasteiger partial charge is 0.270 e. The van der Waals surface area contributed by atoms with Gasteiger partial charge in [-0.2, -0.15) is 0 Å². The van der Waals surface area contributed by atoms with Gasteiger partial charge in [-0.1, -0.05) is 0 Å². The number of hydrogen-bond donors (Lipinski definition) is 1. The summed E-state index contributed by atoms with van der Waals surface area (Å²) in [6.07, 6.45) is 1.88. The van der Waals surface area contributed by atoms with Crippen molar-refractivity contribution in [3.63, 3.8) is 0 Å². The maximum Gasteiger partial charge on any atom is 0.270 e. The van der Waals surface area contributed by atoms with Crippen LogP contribution in [-0.4, -0.2) is 64.7 Å². The van der Waals surface area contributed by atoms with E-state index in [1.54, 1.807) is 0 Å². The molecule has 2 heterocycles. The fourth-order valence-corrected chi connectivity index (χ4v) is 2.16. The van der Waals surface area contributed by atoms with Crippen LogP contribution in [0.25, 0.3) is 0 Å². The van der Waals surface area contributed by atoms with E-state index in [1.807, 2.05) is 34.8 Å². The van der Waals surface area contributed by atoms with Crippen molar-refractivity contribution in [3.05, 3.63) is 24.0 Å². The number of aliphatic hydroxyl groups is 1. The quantitative estimate of drug-likeness (QED) is 0.790. The van der Waals surface area contributed by atoms with Crippen molar-refractivity contribution >= 4 is 5.91 Å². The average Bonchev–Trinajstić information content (AvgIpc) is 2.76. The standard InChI is InChI=1S/C12H19N3O2/c1-13-4-2-3-11(13)12(17)15-7-5-14(6-8-15)9-10-16/h2-4,16H,5-10H2,1H3. The van der Waals surface area contributed by atoms with Crippen molar-refractivity contribution in [2.75, 3.05) is 39.3 Å². The van der Waals surface area contributed by atoms with Crippen molar-refractivity contribution in [1.29, 1.82) is 0 Å². The first kappa shape index (κ1) is 12.1. The molecular weight excluding hydrogens is 218 g/mol. The number of β-amino-alcohol motifs (C(OH)–C–C–N with tert-alkyl or cyclic N) is 1. The number of carbonyl (C=O) groups excluding carboxylic acids is 1. The van der Waals surface area contributed by atoms with Gasteiger partial charge in [-0.3, -0.25) is 9.69 Å². The molecule has 0 bridgehead atoms. The molecule has 0 radical (unpaired) electrons. The predicted molar refractivity (Wildman–Crippen MR) is 64.8 cm³/mol. The van der Waals surface area contributed by atoms with Gasteiger partial charge in [-0.25, -0.2) is 0 Å². The Bertz CT molecular complexity index is 381. The lowest BCUT2D eigenvalue weighted by molar-refractivity contribution is 0.0606. The van der Waals surface area contributed by atoms with Crippen LogP contribution in [0.15, 0.2) is 18.3 Å². The lowest BCUT2D eigenvalue weighted by Crippen LogP contribution is -2.49. The molecule has 1 N–H and O–H groups in total. The van der Waals surface area contributed by atoms with Crippen LogP contribution >= 0.6 is 0 Å². The Labute approximate surface area is 101 Å². The van der Waals surface area contributed by atoms with Crippen LogP contribution in [0.2, 0.25) is 0 Å². The Morgan fingerprint density at radius 3 is 2.59 bits per heavy atom. The zero-order valence-corrected chi connectivity index (χ0v) is 10.2. The van der Waals surface area contributed by atoms with E-state index in [1.165, 1.54) is 0 Å². The minimum atomic E-state index is 0.0983. The van der Waals surface area contributed by atoms with Crippen LogP contribution in [0.5, 0.6) is 0 Å². The van der Waals surface area contributed by atoms with Gasteiger partial charge < -0.3 is 14.6 Å². The van der Waals surface area contributed by atoms with Crippen molar-refractivity contribution in [2.24, 2.45) is 7.05 Å². The molecule has 0 spiro atoms. The second-order valence-corrected chi connectivity index (χ2v) is 4.36. The topological polar surface area (TPSA) is 48.7 Å². The van der Waals surface area contributed by atoms with Crippen molar-refractivity contribution in [1.82, 2.24) is 14.4 Å². The van der Waals surface area contributed by atoms with E-state index >= 15 is 0 Å². The Kier molecular flexibility index (Phi) is 3.81. The summed E-state index contributed by atoms with van der Waals surface area (Å²) >= 11 is 0. The molecule has 1 aromatic heterocycles. The van der Waals surface area contributed by atoms with Gasteiger partial charge in [0, 0.05) is 46.0 Å². The first-order valence-electron chi connectivity index (χ1n) is 5.96. The molecule has 0 atom stereocenters. The fourth-order valence-electron chi connectivity index (χ4n) is 2.16. The Balaban J connectivity index is 1.93. The summed E-state index contributed by atoms with van der Waals surface area (Å²) in [5, 5.41) is 8.85. The highest BCUT2D eigenvalue weighted by molar-refractivity contribution is 5.92. The molecular formula is C12H19N3O2. The van der Waals surface area contributed by atoms with Crippen molar-refractivity contribution < 1.29 is 9.90 Å². The summed E-state index contributed by atoms with van der Waals surface area (Å²) in [6, 6.07) is 3.73. The molecule has 5 heteroatoms. The first-order chi connectivity index (χ1) is 8.22. The second-order valence-electron chi connectivity index (χ2n) is 4.36. The van der Waals surface area contributed by atoms with Crippen LogP contribution in [-0.2, 0) is 7.05 Å². The summed E-state index contributed by atoms with van der Waals surface area (Å²) in [5.41, 5.74) is 0.737. The number of hydrogen-bond acceptors (Lipinski definition) is 3. The van der Waals surface area contributed by atoms with Crippen LogP contribution in [0.1, 0.15) is 10.5 Å². The predicted octanol–water partition coefficient (Wildman–Crippen LogP) is -0.225. The highest BCUT2D eigenvalue weighted by atomic mass is 16.3. The van der Waals surface area contributed by atoms with E-state index in [9.17, 15) is 4.79 Å².